The fourth-order valence-corrected chi connectivity index (χ4v) is 1.62. The first kappa shape index (κ1) is 13.7. The Morgan fingerprint density at radius 2 is 2.12 bits per heavy atom. The highest BCUT2D eigenvalue weighted by atomic mass is 35.5. The molecule has 92 valence electrons. The molecule has 0 unspecified atom stereocenters. The van der Waals surface area contributed by atoms with Crippen LogP contribution in [0.25, 0.3) is 0 Å². The molecule has 0 bridgehead atoms. The molecule has 0 amide bonds. The maximum Gasteiger partial charge on any atom is 0.190 e. The number of nitrogens with one attached hydrogen (secondary N) is 1. The van der Waals surface area contributed by atoms with Gasteiger partial charge in [-0.05, 0) is 39.0 Å². The summed E-state index contributed by atoms with van der Waals surface area (Å²) in [5, 5.41) is 3.34. The fraction of sp³-hybridized carbons (Fsp3) is 0.308. The summed E-state index contributed by atoms with van der Waals surface area (Å²) in [6.45, 7) is 5.70. The van der Waals surface area contributed by atoms with Crippen LogP contribution in [0.2, 0.25) is 5.02 Å². The lowest BCUT2D eigenvalue weighted by atomic mass is 10.1. The first-order valence-electron chi connectivity index (χ1n) is 5.34. The van der Waals surface area contributed by atoms with Gasteiger partial charge in [-0.15, -0.1) is 0 Å². The Bertz CT molecular complexity index is 455. The molecule has 1 aromatic carbocycles. The molecule has 0 atom stereocenters. The maximum atomic E-state index is 13.5. The van der Waals surface area contributed by atoms with Crippen LogP contribution in [-0.2, 0) is 0 Å². The van der Waals surface area contributed by atoms with E-state index in [0.29, 0.717) is 5.70 Å². The minimum atomic E-state index is -0.601. The number of benzene rings is 1. The first-order chi connectivity index (χ1) is 7.90. The summed E-state index contributed by atoms with van der Waals surface area (Å²) in [6.07, 6.45) is 1.38. The summed E-state index contributed by atoms with van der Waals surface area (Å²) >= 11 is 5.62. The molecular weight excluding hydrogens is 241 g/mol. The summed E-state index contributed by atoms with van der Waals surface area (Å²) in [7, 11) is 0. The van der Waals surface area contributed by atoms with Crippen molar-refractivity contribution in [2.45, 2.75) is 26.8 Å². The highest BCUT2D eigenvalue weighted by molar-refractivity contribution is 6.30. The third kappa shape index (κ3) is 4.19. The van der Waals surface area contributed by atoms with Gasteiger partial charge < -0.3 is 5.32 Å². The molecule has 1 aromatic rings. The number of carbonyl (C=O) groups excluding carboxylic acids is 1. The second-order valence-electron chi connectivity index (χ2n) is 4.11. The van der Waals surface area contributed by atoms with Gasteiger partial charge in [-0.2, -0.15) is 0 Å². The molecule has 0 heterocycles. The molecule has 4 heteroatoms. The summed E-state index contributed by atoms with van der Waals surface area (Å²) in [5.41, 5.74) is 0.735. The number of rotatable bonds is 4. The number of allylic oxidation sites excluding steroid dienone is 2. The van der Waals surface area contributed by atoms with Crippen molar-refractivity contribution in [2.75, 3.05) is 0 Å². The van der Waals surface area contributed by atoms with Crippen LogP contribution in [0.3, 0.4) is 0 Å². The summed E-state index contributed by atoms with van der Waals surface area (Å²) in [6, 6.07) is 4.25. The van der Waals surface area contributed by atoms with E-state index in [1.807, 2.05) is 13.8 Å². The lowest BCUT2D eigenvalue weighted by molar-refractivity contribution is 0.104. The van der Waals surface area contributed by atoms with Crippen molar-refractivity contribution in [1.82, 2.24) is 5.32 Å². The van der Waals surface area contributed by atoms with Crippen LogP contribution >= 0.6 is 11.6 Å². The predicted octanol–water partition coefficient (Wildman–Crippen LogP) is 3.56. The number of hydrogen-bond donors (Lipinski definition) is 1. The minimum Gasteiger partial charge on any atom is -0.386 e. The van der Waals surface area contributed by atoms with Gasteiger partial charge in [0, 0.05) is 22.8 Å². The van der Waals surface area contributed by atoms with Crippen molar-refractivity contribution in [3.63, 3.8) is 0 Å². The zero-order chi connectivity index (χ0) is 13.0. The lowest BCUT2D eigenvalue weighted by Gasteiger charge is -2.09. The normalized spacial score (nSPS) is 11.8. The molecule has 0 radical (unpaired) electrons. The van der Waals surface area contributed by atoms with Crippen LogP contribution in [0.4, 0.5) is 4.39 Å². The summed E-state index contributed by atoms with van der Waals surface area (Å²) in [5.74, 6) is -0.971. The van der Waals surface area contributed by atoms with E-state index in [2.05, 4.69) is 5.32 Å². The molecule has 1 N–H and O–H groups in total. The molecule has 0 aliphatic heterocycles. The molecule has 0 aliphatic rings. The van der Waals surface area contributed by atoms with Crippen molar-refractivity contribution in [2.24, 2.45) is 0 Å². The average molecular weight is 256 g/mol. The molecule has 17 heavy (non-hydrogen) atoms. The third-order valence-electron chi connectivity index (χ3n) is 2.06. The van der Waals surface area contributed by atoms with Crippen molar-refractivity contribution in [3.8, 4) is 0 Å². The Morgan fingerprint density at radius 3 is 2.65 bits per heavy atom. The summed E-state index contributed by atoms with van der Waals surface area (Å²) in [4.78, 5) is 11.8. The number of ketones is 1. The Kier molecular flexibility index (Phi) is 4.70. The van der Waals surface area contributed by atoms with Crippen LogP contribution in [0.1, 0.15) is 31.1 Å². The quantitative estimate of drug-likeness (QED) is 0.658. The largest absolute Gasteiger partial charge is 0.386 e. The first-order valence-corrected chi connectivity index (χ1v) is 5.72. The van der Waals surface area contributed by atoms with E-state index in [1.165, 1.54) is 18.2 Å². The highest BCUT2D eigenvalue weighted by Crippen LogP contribution is 2.15. The van der Waals surface area contributed by atoms with Crippen LogP contribution in [0.15, 0.2) is 30.0 Å². The molecule has 0 saturated carbocycles. The Labute approximate surface area is 105 Å². The van der Waals surface area contributed by atoms with E-state index in [9.17, 15) is 9.18 Å². The van der Waals surface area contributed by atoms with E-state index in [0.717, 1.165) is 6.07 Å². The Morgan fingerprint density at radius 1 is 1.47 bits per heavy atom. The molecule has 1 rings (SSSR count). The lowest BCUT2D eigenvalue weighted by Crippen LogP contribution is -2.21. The predicted molar refractivity (Wildman–Crippen MR) is 67.8 cm³/mol. The van der Waals surface area contributed by atoms with Crippen molar-refractivity contribution >= 4 is 17.4 Å². The minimum absolute atomic E-state index is 0.0271. The second kappa shape index (κ2) is 5.82. The molecular formula is C13H15ClFNO. The molecule has 0 spiro atoms. The van der Waals surface area contributed by atoms with Crippen molar-refractivity contribution in [3.05, 3.63) is 46.4 Å². The van der Waals surface area contributed by atoms with Crippen molar-refractivity contribution in [1.29, 1.82) is 0 Å². The number of carbonyl (C=O) groups is 1. The fourth-order valence-electron chi connectivity index (χ4n) is 1.46. The number of hydrogen-bond acceptors (Lipinski definition) is 2. The van der Waals surface area contributed by atoms with Gasteiger partial charge in [-0.25, -0.2) is 4.39 Å². The molecule has 0 aromatic heterocycles. The standard InChI is InChI=1S/C13H15ClFNO/c1-8(2)16-9(3)6-13(17)11-5-4-10(14)7-12(11)15/h4-8,16H,1-3H3/b9-6-. The Hall–Kier alpha value is -1.35. The SMILES string of the molecule is C/C(=C/C(=O)c1ccc(Cl)cc1F)NC(C)C. The molecule has 0 saturated heterocycles. The molecule has 0 aliphatic carbocycles. The van der Waals surface area contributed by atoms with Gasteiger partial charge in [-0.3, -0.25) is 4.79 Å². The maximum absolute atomic E-state index is 13.5. The third-order valence-corrected chi connectivity index (χ3v) is 2.30. The van der Waals surface area contributed by atoms with Gasteiger partial charge >= 0.3 is 0 Å². The van der Waals surface area contributed by atoms with Crippen LogP contribution in [-0.4, -0.2) is 11.8 Å². The smallest absolute Gasteiger partial charge is 0.190 e. The molecule has 2 nitrogen and oxygen atoms in total. The Balaban J connectivity index is 2.90. The van der Waals surface area contributed by atoms with Gasteiger partial charge in [0.15, 0.2) is 5.78 Å². The average Bonchev–Trinajstić information content (AvgIpc) is 2.15. The van der Waals surface area contributed by atoms with Gasteiger partial charge in [0.1, 0.15) is 5.82 Å². The van der Waals surface area contributed by atoms with Crippen LogP contribution < -0.4 is 5.32 Å². The van der Waals surface area contributed by atoms with Crippen LogP contribution in [0.5, 0.6) is 0 Å². The second-order valence-corrected chi connectivity index (χ2v) is 4.55. The summed E-state index contributed by atoms with van der Waals surface area (Å²) < 4.78 is 13.5. The van der Waals surface area contributed by atoms with Gasteiger partial charge in [-0.1, -0.05) is 11.6 Å². The van der Waals surface area contributed by atoms with Gasteiger partial charge in [0.2, 0.25) is 0 Å². The highest BCUT2D eigenvalue weighted by Gasteiger charge is 2.10. The van der Waals surface area contributed by atoms with Gasteiger partial charge in [0.05, 0.1) is 5.56 Å². The topological polar surface area (TPSA) is 29.1 Å². The number of halogens is 2. The van der Waals surface area contributed by atoms with Crippen molar-refractivity contribution < 1.29 is 9.18 Å². The van der Waals surface area contributed by atoms with Crippen LogP contribution in [0, 0.1) is 5.82 Å². The van der Waals surface area contributed by atoms with E-state index in [-0.39, 0.29) is 22.4 Å². The van der Waals surface area contributed by atoms with E-state index in [1.54, 1.807) is 6.92 Å². The van der Waals surface area contributed by atoms with E-state index in [4.69, 9.17) is 11.6 Å². The zero-order valence-corrected chi connectivity index (χ0v) is 10.8. The van der Waals surface area contributed by atoms with E-state index >= 15 is 0 Å². The van der Waals surface area contributed by atoms with E-state index < -0.39 is 5.82 Å². The monoisotopic (exact) mass is 255 g/mol. The molecule has 0 fully saturated rings. The van der Waals surface area contributed by atoms with Gasteiger partial charge in [0.25, 0.3) is 0 Å². The zero-order valence-electron chi connectivity index (χ0n) is 10.1.